The molecule has 3 aromatic rings. The molecule has 1 heterocycles. The van der Waals surface area contributed by atoms with Gasteiger partial charge in [0.25, 0.3) is 0 Å². The third kappa shape index (κ3) is 3.33. The van der Waals surface area contributed by atoms with E-state index >= 15 is 0 Å². The number of hydrogen-bond donors (Lipinski definition) is 1. The number of hydrogen-bond acceptors (Lipinski definition) is 2. The molecule has 0 aliphatic carbocycles. The molecule has 0 saturated heterocycles. The maximum absolute atomic E-state index is 13.7. The van der Waals surface area contributed by atoms with Crippen LogP contribution in [0.4, 0.5) is 4.39 Å². The van der Waals surface area contributed by atoms with Crippen LogP contribution in [0.25, 0.3) is 11.4 Å². The third-order valence-corrected chi connectivity index (χ3v) is 4.07. The van der Waals surface area contributed by atoms with Crippen molar-refractivity contribution < 1.29 is 9.13 Å². The lowest BCUT2D eigenvalue weighted by atomic mass is 10.1. The van der Waals surface area contributed by atoms with Gasteiger partial charge in [0, 0.05) is 18.3 Å². The summed E-state index contributed by atoms with van der Waals surface area (Å²) < 4.78 is 18.7. The predicted octanol–water partition coefficient (Wildman–Crippen LogP) is 5.12. The first kappa shape index (κ1) is 15.8. The number of rotatable bonds is 4. The van der Waals surface area contributed by atoms with E-state index in [1.165, 1.54) is 13.2 Å². The summed E-state index contributed by atoms with van der Waals surface area (Å²) >= 11 is 12.4. The molecule has 3 rings (SSSR count). The van der Waals surface area contributed by atoms with Gasteiger partial charge >= 0.3 is 0 Å². The first-order valence-electron chi connectivity index (χ1n) is 6.89. The van der Waals surface area contributed by atoms with Gasteiger partial charge in [-0.2, -0.15) is 0 Å². The molecule has 0 bridgehead atoms. The highest BCUT2D eigenvalue weighted by molar-refractivity contribution is 6.38. The summed E-state index contributed by atoms with van der Waals surface area (Å²) in [5.74, 6) is 0.422. The maximum Gasteiger partial charge on any atom is 0.165 e. The topological polar surface area (TPSA) is 37.9 Å². The molecule has 0 atom stereocenters. The van der Waals surface area contributed by atoms with Crippen molar-refractivity contribution in [3.63, 3.8) is 0 Å². The number of aromatic amines is 1. The first-order valence-corrected chi connectivity index (χ1v) is 7.64. The Kier molecular flexibility index (Phi) is 4.55. The smallest absolute Gasteiger partial charge is 0.165 e. The van der Waals surface area contributed by atoms with Crippen molar-refractivity contribution in [1.82, 2.24) is 9.97 Å². The normalized spacial score (nSPS) is 10.8. The highest BCUT2D eigenvalue weighted by Crippen LogP contribution is 2.32. The maximum atomic E-state index is 13.7. The Hall–Kier alpha value is -2.04. The summed E-state index contributed by atoms with van der Waals surface area (Å²) in [4.78, 5) is 7.49. The fourth-order valence-corrected chi connectivity index (χ4v) is 2.92. The number of benzene rings is 2. The molecule has 3 nitrogen and oxygen atoms in total. The van der Waals surface area contributed by atoms with E-state index in [0.29, 0.717) is 27.9 Å². The fourth-order valence-electron chi connectivity index (χ4n) is 2.34. The van der Waals surface area contributed by atoms with Crippen LogP contribution in [0, 0.1) is 5.82 Å². The molecule has 0 radical (unpaired) electrons. The first-order chi connectivity index (χ1) is 11.1. The fraction of sp³-hybridized carbons (Fsp3) is 0.118. The molecule has 0 aliphatic heterocycles. The largest absolute Gasteiger partial charge is 0.494 e. The molecule has 0 amide bonds. The van der Waals surface area contributed by atoms with E-state index in [9.17, 15) is 4.39 Å². The number of aromatic nitrogens is 2. The Balaban J connectivity index is 1.87. The number of nitrogens with zero attached hydrogens (tertiary/aromatic N) is 1. The lowest BCUT2D eigenvalue weighted by Gasteiger charge is -2.05. The van der Waals surface area contributed by atoms with Crippen molar-refractivity contribution in [3.05, 3.63) is 69.7 Å². The van der Waals surface area contributed by atoms with Gasteiger partial charge in [0.15, 0.2) is 11.6 Å². The molecule has 0 aliphatic rings. The molecular weight excluding hydrogens is 338 g/mol. The number of halogens is 3. The van der Waals surface area contributed by atoms with Gasteiger partial charge in [-0.25, -0.2) is 9.37 Å². The Bertz CT molecular complexity index is 828. The van der Waals surface area contributed by atoms with Crippen LogP contribution >= 0.6 is 23.2 Å². The van der Waals surface area contributed by atoms with E-state index in [0.717, 1.165) is 11.3 Å². The SMILES string of the molecule is COc1ccc(Cc2cnc(-c3c(Cl)cccc3Cl)[nH]2)cc1F. The van der Waals surface area contributed by atoms with Crippen LogP contribution < -0.4 is 4.74 Å². The van der Waals surface area contributed by atoms with Crippen LogP contribution in [0.1, 0.15) is 11.3 Å². The molecule has 0 spiro atoms. The van der Waals surface area contributed by atoms with E-state index in [-0.39, 0.29) is 11.6 Å². The van der Waals surface area contributed by atoms with Crippen molar-refractivity contribution in [2.45, 2.75) is 6.42 Å². The summed E-state index contributed by atoms with van der Waals surface area (Å²) in [5.41, 5.74) is 2.30. The van der Waals surface area contributed by atoms with Crippen LogP contribution in [-0.4, -0.2) is 17.1 Å². The van der Waals surface area contributed by atoms with E-state index in [4.69, 9.17) is 27.9 Å². The van der Waals surface area contributed by atoms with Gasteiger partial charge in [0.1, 0.15) is 5.82 Å². The zero-order chi connectivity index (χ0) is 16.4. The van der Waals surface area contributed by atoms with Crippen LogP contribution in [0.5, 0.6) is 5.75 Å². The molecule has 0 unspecified atom stereocenters. The van der Waals surface area contributed by atoms with E-state index in [1.807, 2.05) is 6.07 Å². The molecular formula is C17H13Cl2FN2O. The van der Waals surface area contributed by atoms with Gasteiger partial charge in [-0.1, -0.05) is 35.3 Å². The van der Waals surface area contributed by atoms with Crippen LogP contribution in [0.3, 0.4) is 0 Å². The van der Waals surface area contributed by atoms with Gasteiger partial charge in [0.2, 0.25) is 0 Å². The molecule has 0 saturated carbocycles. The Labute approximate surface area is 143 Å². The van der Waals surface area contributed by atoms with Gasteiger partial charge in [-0.15, -0.1) is 0 Å². The Morgan fingerprint density at radius 1 is 1.17 bits per heavy atom. The number of H-pyrrole nitrogens is 1. The van der Waals surface area contributed by atoms with Gasteiger partial charge in [0.05, 0.1) is 22.7 Å². The number of ether oxygens (including phenoxy) is 1. The number of imidazole rings is 1. The minimum Gasteiger partial charge on any atom is -0.494 e. The second-order valence-electron chi connectivity index (χ2n) is 5.00. The standard InChI is InChI=1S/C17H13Cl2FN2O/c1-23-15-6-5-10(8-14(15)20)7-11-9-21-17(22-11)16-12(18)3-2-4-13(16)19/h2-6,8-9H,7H2,1H3,(H,21,22). The zero-order valence-electron chi connectivity index (χ0n) is 12.2. The molecule has 23 heavy (non-hydrogen) atoms. The molecule has 6 heteroatoms. The summed E-state index contributed by atoms with van der Waals surface area (Å²) in [6.45, 7) is 0. The molecule has 1 N–H and O–H groups in total. The number of nitrogens with one attached hydrogen (secondary N) is 1. The lowest BCUT2D eigenvalue weighted by molar-refractivity contribution is 0.386. The van der Waals surface area contributed by atoms with E-state index in [1.54, 1.807) is 30.5 Å². The van der Waals surface area contributed by atoms with Crippen molar-refractivity contribution in [2.75, 3.05) is 7.11 Å². The average Bonchev–Trinajstić information content (AvgIpc) is 2.95. The van der Waals surface area contributed by atoms with Gasteiger partial charge in [-0.05, 0) is 29.8 Å². The van der Waals surface area contributed by atoms with Crippen LogP contribution in [-0.2, 0) is 6.42 Å². The number of methoxy groups -OCH3 is 1. The summed E-state index contributed by atoms with van der Waals surface area (Å²) in [7, 11) is 1.44. The second-order valence-corrected chi connectivity index (χ2v) is 5.81. The minimum absolute atomic E-state index is 0.224. The molecule has 118 valence electrons. The second kappa shape index (κ2) is 6.60. The molecule has 0 fully saturated rings. The van der Waals surface area contributed by atoms with Gasteiger partial charge in [-0.3, -0.25) is 0 Å². The zero-order valence-corrected chi connectivity index (χ0v) is 13.7. The quantitative estimate of drug-likeness (QED) is 0.708. The van der Waals surface area contributed by atoms with Crippen molar-refractivity contribution in [2.24, 2.45) is 0 Å². The Morgan fingerprint density at radius 3 is 2.57 bits per heavy atom. The minimum atomic E-state index is -0.390. The highest BCUT2D eigenvalue weighted by Gasteiger charge is 2.12. The average molecular weight is 351 g/mol. The summed E-state index contributed by atoms with van der Waals surface area (Å²) in [5, 5.41) is 1.04. The van der Waals surface area contributed by atoms with Crippen LogP contribution in [0.15, 0.2) is 42.6 Å². The monoisotopic (exact) mass is 350 g/mol. The predicted molar refractivity (Wildman–Crippen MR) is 89.8 cm³/mol. The van der Waals surface area contributed by atoms with Crippen molar-refractivity contribution >= 4 is 23.2 Å². The van der Waals surface area contributed by atoms with Gasteiger partial charge < -0.3 is 9.72 Å². The van der Waals surface area contributed by atoms with E-state index in [2.05, 4.69) is 9.97 Å². The van der Waals surface area contributed by atoms with E-state index < -0.39 is 0 Å². The molecule has 1 aromatic heterocycles. The van der Waals surface area contributed by atoms with Crippen LogP contribution in [0.2, 0.25) is 10.0 Å². The third-order valence-electron chi connectivity index (χ3n) is 3.44. The molecule has 2 aromatic carbocycles. The van der Waals surface area contributed by atoms with Crippen molar-refractivity contribution in [1.29, 1.82) is 0 Å². The highest BCUT2D eigenvalue weighted by atomic mass is 35.5. The lowest BCUT2D eigenvalue weighted by Crippen LogP contribution is -1.93. The summed E-state index contributed by atoms with van der Waals surface area (Å²) in [6, 6.07) is 10.1. The van der Waals surface area contributed by atoms with Crippen molar-refractivity contribution in [3.8, 4) is 17.1 Å². The summed E-state index contributed by atoms with van der Waals surface area (Å²) in [6.07, 6.45) is 2.20. The Morgan fingerprint density at radius 2 is 1.91 bits per heavy atom.